The van der Waals surface area contributed by atoms with E-state index in [-0.39, 0.29) is 0 Å². The van der Waals surface area contributed by atoms with Gasteiger partial charge >= 0.3 is 0 Å². The van der Waals surface area contributed by atoms with Gasteiger partial charge in [-0.3, -0.25) is 9.80 Å². The van der Waals surface area contributed by atoms with Crippen molar-refractivity contribution >= 4 is 5.96 Å². The highest BCUT2D eigenvalue weighted by Crippen LogP contribution is 2.13. The summed E-state index contributed by atoms with van der Waals surface area (Å²) >= 11 is 0. The third-order valence-corrected chi connectivity index (χ3v) is 6.03. The minimum Gasteiger partial charge on any atom is -0.379 e. The second-order valence-corrected chi connectivity index (χ2v) is 8.74. The maximum Gasteiger partial charge on any atom is 0.191 e. The summed E-state index contributed by atoms with van der Waals surface area (Å²) in [6, 6.07) is 9.29. The zero-order valence-electron chi connectivity index (χ0n) is 19.6. The molecule has 7 nitrogen and oxygen atoms in total. The fraction of sp³-hybridized carbons (Fsp3) is 0.708. The molecule has 1 atom stereocenters. The molecule has 2 N–H and O–H groups in total. The van der Waals surface area contributed by atoms with E-state index >= 15 is 0 Å². The second kappa shape index (κ2) is 13.0. The number of guanidine groups is 1. The molecule has 2 aliphatic heterocycles. The van der Waals surface area contributed by atoms with Crippen LogP contribution in [-0.2, 0) is 22.6 Å². The van der Waals surface area contributed by atoms with Crippen molar-refractivity contribution in [1.82, 2.24) is 20.4 Å². The highest BCUT2D eigenvalue weighted by molar-refractivity contribution is 5.79. The number of aliphatic imine (C=N–C) groups is 1. The van der Waals surface area contributed by atoms with Gasteiger partial charge in [-0.25, -0.2) is 4.99 Å². The minimum absolute atomic E-state index is 0.476. The third-order valence-electron chi connectivity index (χ3n) is 6.03. The lowest BCUT2D eigenvalue weighted by Crippen LogP contribution is -2.52. The molecule has 0 bridgehead atoms. The SMILES string of the molecule is CCNC(=NCc1cccc(CN2CCOCC2)c1)NCC(C(C)C)N1CCOCC1. The quantitative estimate of drug-likeness (QED) is 0.460. The monoisotopic (exact) mass is 431 g/mol. The van der Waals surface area contributed by atoms with Crippen LogP contribution in [0.15, 0.2) is 29.3 Å². The minimum atomic E-state index is 0.476. The lowest BCUT2D eigenvalue weighted by Gasteiger charge is -2.37. The van der Waals surface area contributed by atoms with Crippen molar-refractivity contribution in [2.75, 3.05) is 65.7 Å². The summed E-state index contributed by atoms with van der Waals surface area (Å²) in [4.78, 5) is 9.86. The number of rotatable bonds is 9. The molecular weight excluding hydrogens is 390 g/mol. The van der Waals surface area contributed by atoms with E-state index in [0.29, 0.717) is 18.5 Å². The molecule has 0 aromatic heterocycles. The summed E-state index contributed by atoms with van der Waals surface area (Å²) in [5.74, 6) is 1.46. The van der Waals surface area contributed by atoms with Gasteiger partial charge in [0.15, 0.2) is 5.96 Å². The molecular formula is C24H41N5O2. The first-order chi connectivity index (χ1) is 15.2. The van der Waals surface area contributed by atoms with Crippen molar-refractivity contribution in [3.05, 3.63) is 35.4 Å². The molecule has 2 saturated heterocycles. The van der Waals surface area contributed by atoms with Gasteiger partial charge in [-0.05, 0) is 24.0 Å². The van der Waals surface area contributed by atoms with Crippen LogP contribution < -0.4 is 10.6 Å². The van der Waals surface area contributed by atoms with E-state index in [0.717, 1.165) is 78.2 Å². The van der Waals surface area contributed by atoms with Gasteiger partial charge in [0.2, 0.25) is 0 Å². The highest BCUT2D eigenvalue weighted by atomic mass is 16.5. The first-order valence-corrected chi connectivity index (χ1v) is 11.9. The van der Waals surface area contributed by atoms with Gasteiger partial charge in [-0.1, -0.05) is 38.1 Å². The van der Waals surface area contributed by atoms with Crippen molar-refractivity contribution in [1.29, 1.82) is 0 Å². The summed E-state index contributed by atoms with van der Waals surface area (Å²) in [6.45, 7) is 17.5. The second-order valence-electron chi connectivity index (χ2n) is 8.74. The Hall–Kier alpha value is -1.67. The van der Waals surface area contributed by atoms with Crippen molar-refractivity contribution in [2.24, 2.45) is 10.9 Å². The lowest BCUT2D eigenvalue weighted by atomic mass is 10.0. The molecule has 7 heteroatoms. The van der Waals surface area contributed by atoms with Gasteiger partial charge in [0.05, 0.1) is 33.0 Å². The summed E-state index contributed by atoms with van der Waals surface area (Å²) in [7, 11) is 0. The van der Waals surface area contributed by atoms with Gasteiger partial charge in [0.1, 0.15) is 0 Å². The normalized spacial score (nSPS) is 20.1. The number of ether oxygens (including phenoxy) is 2. The van der Waals surface area contributed by atoms with Crippen molar-refractivity contribution in [3.8, 4) is 0 Å². The van der Waals surface area contributed by atoms with Gasteiger partial charge in [-0.15, -0.1) is 0 Å². The van der Waals surface area contributed by atoms with Crippen LogP contribution in [0.1, 0.15) is 31.9 Å². The van der Waals surface area contributed by atoms with E-state index < -0.39 is 0 Å². The molecule has 31 heavy (non-hydrogen) atoms. The zero-order chi connectivity index (χ0) is 21.9. The fourth-order valence-electron chi connectivity index (χ4n) is 4.25. The predicted molar refractivity (Wildman–Crippen MR) is 126 cm³/mol. The van der Waals surface area contributed by atoms with E-state index in [1.165, 1.54) is 11.1 Å². The number of benzene rings is 1. The zero-order valence-corrected chi connectivity index (χ0v) is 19.6. The average molecular weight is 432 g/mol. The molecule has 0 aliphatic carbocycles. The molecule has 174 valence electrons. The molecule has 0 radical (unpaired) electrons. The lowest BCUT2D eigenvalue weighted by molar-refractivity contribution is 0.00752. The van der Waals surface area contributed by atoms with Crippen LogP contribution in [0, 0.1) is 5.92 Å². The van der Waals surface area contributed by atoms with Crippen LogP contribution in [0.25, 0.3) is 0 Å². The van der Waals surface area contributed by atoms with Gasteiger partial charge in [0.25, 0.3) is 0 Å². The Labute approximate surface area is 188 Å². The van der Waals surface area contributed by atoms with Crippen LogP contribution in [0.4, 0.5) is 0 Å². The maximum atomic E-state index is 5.53. The molecule has 0 amide bonds. The average Bonchev–Trinajstić information content (AvgIpc) is 2.79. The number of hydrogen-bond acceptors (Lipinski definition) is 5. The largest absolute Gasteiger partial charge is 0.379 e. The van der Waals surface area contributed by atoms with Crippen LogP contribution >= 0.6 is 0 Å². The van der Waals surface area contributed by atoms with Crippen molar-refractivity contribution < 1.29 is 9.47 Å². The Morgan fingerprint density at radius 2 is 1.68 bits per heavy atom. The molecule has 2 heterocycles. The Bertz CT molecular complexity index is 670. The molecule has 3 rings (SSSR count). The number of nitrogens with one attached hydrogen (secondary N) is 2. The highest BCUT2D eigenvalue weighted by Gasteiger charge is 2.23. The van der Waals surface area contributed by atoms with Crippen molar-refractivity contribution in [2.45, 2.75) is 39.9 Å². The smallest absolute Gasteiger partial charge is 0.191 e. The summed E-state index contributed by atoms with van der Waals surface area (Å²) in [5.41, 5.74) is 2.59. The van der Waals surface area contributed by atoms with Crippen molar-refractivity contribution in [3.63, 3.8) is 0 Å². The molecule has 1 aromatic rings. The molecule has 2 fully saturated rings. The van der Waals surface area contributed by atoms with Crippen LogP contribution in [-0.4, -0.2) is 87.5 Å². The Balaban J connectivity index is 1.56. The molecule has 0 saturated carbocycles. The topological polar surface area (TPSA) is 61.4 Å². The molecule has 1 aromatic carbocycles. The Kier molecular flexibility index (Phi) is 10.1. The standard InChI is InChI=1S/C24H41N5O2/c1-4-25-24(27-18-23(20(2)3)29-10-14-31-15-11-29)26-17-21-6-5-7-22(16-21)19-28-8-12-30-13-9-28/h5-7,16,20,23H,4,8-15,17-19H2,1-3H3,(H2,25,26,27). The number of nitrogens with zero attached hydrogens (tertiary/aromatic N) is 3. The van der Waals surface area contributed by atoms with Crippen LogP contribution in [0.2, 0.25) is 0 Å². The molecule has 0 spiro atoms. The predicted octanol–water partition coefficient (Wildman–Crippen LogP) is 1.93. The third kappa shape index (κ3) is 8.07. The molecule has 1 unspecified atom stereocenters. The van der Waals surface area contributed by atoms with E-state index in [2.05, 4.69) is 65.5 Å². The first-order valence-electron chi connectivity index (χ1n) is 11.9. The Morgan fingerprint density at radius 3 is 2.35 bits per heavy atom. The number of morpholine rings is 2. The van der Waals surface area contributed by atoms with E-state index in [9.17, 15) is 0 Å². The maximum absolute atomic E-state index is 5.53. The summed E-state index contributed by atoms with van der Waals surface area (Å²) in [6.07, 6.45) is 0. The number of hydrogen-bond donors (Lipinski definition) is 2. The van der Waals surface area contributed by atoms with Crippen LogP contribution in [0.3, 0.4) is 0 Å². The first kappa shape index (κ1) is 24.0. The van der Waals surface area contributed by atoms with Gasteiger partial charge < -0.3 is 20.1 Å². The summed E-state index contributed by atoms with van der Waals surface area (Å²) in [5, 5.41) is 6.99. The van der Waals surface area contributed by atoms with E-state index in [1.54, 1.807) is 0 Å². The van der Waals surface area contributed by atoms with Crippen LogP contribution in [0.5, 0.6) is 0 Å². The van der Waals surface area contributed by atoms with E-state index in [4.69, 9.17) is 14.5 Å². The Morgan fingerprint density at radius 1 is 1.00 bits per heavy atom. The van der Waals surface area contributed by atoms with Gasteiger partial charge in [-0.2, -0.15) is 0 Å². The van der Waals surface area contributed by atoms with E-state index in [1.807, 2.05) is 0 Å². The summed E-state index contributed by atoms with van der Waals surface area (Å²) < 4.78 is 11.0. The fourth-order valence-corrected chi connectivity index (χ4v) is 4.25. The molecule has 2 aliphatic rings. The van der Waals surface area contributed by atoms with Gasteiger partial charge in [0, 0.05) is 51.9 Å².